The van der Waals surface area contributed by atoms with Gasteiger partial charge in [0.1, 0.15) is 9.21 Å². The first-order chi connectivity index (χ1) is 9.56. The maximum atomic E-state index is 5.28. The van der Waals surface area contributed by atoms with Gasteiger partial charge in [-0.05, 0) is 56.6 Å². The van der Waals surface area contributed by atoms with Crippen LogP contribution in [0.5, 0.6) is 0 Å². The Morgan fingerprint density at radius 2 is 1.95 bits per heavy atom. The van der Waals surface area contributed by atoms with E-state index in [0.717, 1.165) is 5.56 Å². The number of aromatic nitrogens is 2. The first-order valence-electron chi connectivity index (χ1n) is 5.87. The summed E-state index contributed by atoms with van der Waals surface area (Å²) in [6.07, 6.45) is 1.61. The molecule has 2 N–H and O–H groups in total. The Labute approximate surface area is 139 Å². The minimum Gasteiger partial charge on any atom is -0.356 e. The van der Waals surface area contributed by atoms with Crippen LogP contribution in [0.4, 0.5) is 5.82 Å². The van der Waals surface area contributed by atoms with Gasteiger partial charge in [-0.25, -0.2) is 9.97 Å². The van der Waals surface area contributed by atoms with Crippen molar-refractivity contribution in [3.05, 3.63) is 51.3 Å². The molecule has 0 aliphatic heterocycles. The molecule has 1 aromatic carbocycles. The lowest BCUT2D eigenvalue weighted by atomic mass is 10.1. The van der Waals surface area contributed by atoms with Crippen LogP contribution < -0.4 is 10.6 Å². The van der Waals surface area contributed by atoms with Crippen molar-refractivity contribution in [3.63, 3.8) is 0 Å². The van der Waals surface area contributed by atoms with E-state index in [1.807, 2.05) is 25.1 Å². The highest BCUT2D eigenvalue weighted by Gasteiger charge is 2.09. The van der Waals surface area contributed by atoms with Crippen molar-refractivity contribution >= 4 is 55.0 Å². The van der Waals surface area contributed by atoms with Crippen molar-refractivity contribution in [2.75, 3.05) is 5.32 Å². The lowest BCUT2D eigenvalue weighted by Crippen LogP contribution is -2.31. The first-order valence-corrected chi connectivity index (χ1v) is 7.86. The quantitative estimate of drug-likeness (QED) is 0.740. The van der Waals surface area contributed by atoms with Crippen LogP contribution in [0.3, 0.4) is 0 Å². The molecular weight excluding hydrogens is 404 g/mol. The minimum absolute atomic E-state index is 0.110. The molecule has 0 spiro atoms. The third-order valence-corrected chi connectivity index (χ3v) is 3.73. The predicted octanol–water partition coefficient (Wildman–Crippen LogP) is 4.05. The summed E-state index contributed by atoms with van der Waals surface area (Å²) in [7, 11) is 0. The molecule has 1 aromatic heterocycles. The molecule has 2 aromatic rings. The van der Waals surface area contributed by atoms with Gasteiger partial charge in [-0.3, -0.25) is 0 Å². The van der Waals surface area contributed by atoms with E-state index in [1.165, 1.54) is 0 Å². The summed E-state index contributed by atoms with van der Waals surface area (Å²) < 4.78 is 1.26. The second-order valence-corrected chi connectivity index (χ2v) is 6.03. The molecule has 1 unspecified atom stereocenters. The zero-order valence-corrected chi connectivity index (χ0v) is 14.6. The summed E-state index contributed by atoms with van der Waals surface area (Å²) in [5.74, 6) is 0.575. The van der Waals surface area contributed by atoms with Crippen molar-refractivity contribution in [1.29, 1.82) is 0 Å². The summed E-state index contributed by atoms with van der Waals surface area (Å²) in [6.45, 7) is 2.05. The van der Waals surface area contributed by atoms with E-state index in [0.29, 0.717) is 20.1 Å². The molecule has 1 heterocycles. The van der Waals surface area contributed by atoms with Gasteiger partial charge in [-0.1, -0.05) is 30.3 Å². The normalized spacial score (nSPS) is 11.8. The summed E-state index contributed by atoms with van der Waals surface area (Å²) in [5, 5.41) is 6.72. The molecule has 104 valence electrons. The molecule has 0 radical (unpaired) electrons. The fraction of sp³-hybridized carbons (Fsp3) is 0.154. The van der Waals surface area contributed by atoms with Crippen LogP contribution in [0, 0.1) is 0 Å². The van der Waals surface area contributed by atoms with Crippen LogP contribution in [-0.4, -0.2) is 15.1 Å². The number of anilines is 1. The number of hydrogen-bond donors (Lipinski definition) is 2. The van der Waals surface area contributed by atoms with E-state index in [2.05, 4.69) is 64.6 Å². The van der Waals surface area contributed by atoms with Gasteiger partial charge in [-0.15, -0.1) is 0 Å². The van der Waals surface area contributed by atoms with E-state index in [9.17, 15) is 0 Å². The summed E-state index contributed by atoms with van der Waals surface area (Å²) in [4.78, 5) is 8.39. The molecular formula is C13H12Br2N4S. The van der Waals surface area contributed by atoms with Crippen molar-refractivity contribution in [2.45, 2.75) is 13.0 Å². The lowest BCUT2D eigenvalue weighted by Gasteiger charge is -2.17. The van der Waals surface area contributed by atoms with Gasteiger partial charge < -0.3 is 10.6 Å². The SMILES string of the molecule is CC(NC(=S)Nc1ncc(Br)nc1Br)c1ccccc1. The van der Waals surface area contributed by atoms with Gasteiger partial charge in [0.15, 0.2) is 10.9 Å². The molecule has 0 fully saturated rings. The predicted molar refractivity (Wildman–Crippen MR) is 91.6 cm³/mol. The van der Waals surface area contributed by atoms with Crippen molar-refractivity contribution in [2.24, 2.45) is 0 Å². The van der Waals surface area contributed by atoms with Gasteiger partial charge in [0, 0.05) is 0 Å². The molecule has 2 rings (SSSR count). The molecule has 0 saturated carbocycles. The fourth-order valence-corrected chi connectivity index (χ4v) is 2.78. The monoisotopic (exact) mass is 414 g/mol. The number of hydrogen-bond acceptors (Lipinski definition) is 3. The standard InChI is InChI=1S/C13H12Br2N4S/c1-8(9-5-3-2-4-6-9)17-13(20)19-12-11(15)18-10(14)7-16-12/h2-8H,1H3,(H2,16,17,19,20). The Morgan fingerprint density at radius 1 is 1.25 bits per heavy atom. The molecule has 7 heteroatoms. The second kappa shape index (κ2) is 7.10. The molecule has 0 saturated heterocycles. The zero-order chi connectivity index (χ0) is 14.5. The van der Waals surface area contributed by atoms with Crippen LogP contribution in [0.25, 0.3) is 0 Å². The highest BCUT2D eigenvalue weighted by molar-refractivity contribution is 9.11. The number of benzene rings is 1. The van der Waals surface area contributed by atoms with Crippen LogP contribution in [0.1, 0.15) is 18.5 Å². The third kappa shape index (κ3) is 4.22. The highest BCUT2D eigenvalue weighted by Crippen LogP contribution is 2.19. The average molecular weight is 416 g/mol. The van der Waals surface area contributed by atoms with E-state index >= 15 is 0 Å². The topological polar surface area (TPSA) is 49.8 Å². The number of nitrogens with zero attached hydrogens (tertiary/aromatic N) is 2. The summed E-state index contributed by atoms with van der Waals surface area (Å²) in [6, 6.07) is 10.2. The molecule has 20 heavy (non-hydrogen) atoms. The third-order valence-electron chi connectivity index (χ3n) is 2.58. The molecule has 0 amide bonds. The van der Waals surface area contributed by atoms with E-state index < -0.39 is 0 Å². The second-order valence-electron chi connectivity index (χ2n) is 4.06. The van der Waals surface area contributed by atoms with Gasteiger partial charge in [0.05, 0.1) is 12.2 Å². The summed E-state index contributed by atoms with van der Waals surface area (Å²) >= 11 is 11.9. The fourth-order valence-electron chi connectivity index (χ4n) is 1.60. The van der Waals surface area contributed by atoms with Crippen molar-refractivity contribution in [1.82, 2.24) is 15.3 Å². The Kier molecular flexibility index (Phi) is 5.45. The van der Waals surface area contributed by atoms with Crippen molar-refractivity contribution < 1.29 is 0 Å². The maximum Gasteiger partial charge on any atom is 0.172 e. The lowest BCUT2D eigenvalue weighted by molar-refractivity contribution is 0.722. The Bertz CT molecular complexity index is 607. The number of thiocarbonyl (C=S) groups is 1. The van der Waals surface area contributed by atoms with E-state index in [4.69, 9.17) is 12.2 Å². The zero-order valence-electron chi connectivity index (χ0n) is 10.6. The minimum atomic E-state index is 0.110. The molecule has 0 aliphatic rings. The molecule has 1 atom stereocenters. The summed E-state index contributed by atoms with van der Waals surface area (Å²) in [5.41, 5.74) is 1.16. The molecule has 0 aliphatic carbocycles. The van der Waals surface area contributed by atoms with E-state index in [-0.39, 0.29) is 6.04 Å². The Hall–Kier alpha value is -1.05. The highest BCUT2D eigenvalue weighted by atomic mass is 79.9. The van der Waals surface area contributed by atoms with Gasteiger partial charge >= 0.3 is 0 Å². The average Bonchev–Trinajstić information content (AvgIpc) is 2.43. The van der Waals surface area contributed by atoms with Crippen LogP contribution in [0.15, 0.2) is 45.7 Å². The van der Waals surface area contributed by atoms with Gasteiger partial charge in [0.2, 0.25) is 0 Å². The van der Waals surface area contributed by atoms with E-state index in [1.54, 1.807) is 6.20 Å². The number of nitrogens with one attached hydrogen (secondary N) is 2. The largest absolute Gasteiger partial charge is 0.356 e. The molecule has 4 nitrogen and oxygen atoms in total. The number of rotatable bonds is 3. The number of halogens is 2. The van der Waals surface area contributed by atoms with Crippen LogP contribution in [-0.2, 0) is 0 Å². The maximum absolute atomic E-state index is 5.28. The molecule has 0 bridgehead atoms. The first kappa shape index (κ1) is 15.3. The van der Waals surface area contributed by atoms with Gasteiger partial charge in [0.25, 0.3) is 0 Å². The smallest absolute Gasteiger partial charge is 0.172 e. The van der Waals surface area contributed by atoms with Gasteiger partial charge in [-0.2, -0.15) is 0 Å². The van der Waals surface area contributed by atoms with Crippen molar-refractivity contribution in [3.8, 4) is 0 Å². The van der Waals surface area contributed by atoms with Crippen LogP contribution in [0.2, 0.25) is 0 Å². The Morgan fingerprint density at radius 3 is 2.60 bits per heavy atom. The Balaban J connectivity index is 1.99. The van der Waals surface area contributed by atoms with Crippen LogP contribution >= 0.6 is 44.1 Å².